The third-order valence-corrected chi connectivity index (χ3v) is 6.11. The maximum absolute atomic E-state index is 12.9. The summed E-state index contributed by atoms with van der Waals surface area (Å²) in [5.74, 6) is 1.43. The summed E-state index contributed by atoms with van der Waals surface area (Å²) >= 11 is 12.4. The van der Waals surface area contributed by atoms with E-state index in [1.165, 1.54) is 0 Å². The summed E-state index contributed by atoms with van der Waals surface area (Å²) in [7, 11) is 0. The van der Waals surface area contributed by atoms with Gasteiger partial charge >= 0.3 is 0 Å². The molecule has 9 heteroatoms. The molecule has 1 aliphatic heterocycles. The molecule has 2 aromatic heterocycles. The van der Waals surface area contributed by atoms with Crippen LogP contribution < -0.4 is 4.90 Å². The van der Waals surface area contributed by atoms with Gasteiger partial charge in [0, 0.05) is 31.2 Å². The lowest BCUT2D eigenvalue weighted by Crippen LogP contribution is -2.49. The molecule has 0 bridgehead atoms. The largest absolute Gasteiger partial charge is 0.352 e. The monoisotopic (exact) mass is 466 g/mol. The van der Waals surface area contributed by atoms with Gasteiger partial charge in [-0.05, 0) is 37.3 Å². The summed E-state index contributed by atoms with van der Waals surface area (Å²) in [6.07, 6.45) is 1.78. The maximum atomic E-state index is 12.9. The lowest BCUT2D eigenvalue weighted by molar-refractivity contribution is 0.0747. The number of aryl methyl sites for hydroxylation is 1. The fraction of sp³-hybridized carbons (Fsp3) is 0.217. The standard InChI is InChI=1S/C23H20Cl2N6O/c1-15-27-21(19-14-26-31(22(19)28-15)17-6-4-5-16(24)13-17)29-9-11-30(12-10-29)23(32)18-7-2-3-8-20(18)25/h2-8,13-14H,9-12H2,1H3. The third kappa shape index (κ3) is 3.78. The minimum Gasteiger partial charge on any atom is -0.352 e. The molecular weight excluding hydrogens is 447 g/mol. The second-order valence-electron chi connectivity index (χ2n) is 7.63. The molecule has 1 amide bonds. The molecule has 0 atom stereocenters. The van der Waals surface area contributed by atoms with Gasteiger partial charge < -0.3 is 9.80 Å². The minimum atomic E-state index is -0.0481. The zero-order valence-electron chi connectivity index (χ0n) is 17.4. The van der Waals surface area contributed by atoms with E-state index < -0.39 is 0 Å². The SMILES string of the molecule is Cc1nc(N2CCN(C(=O)c3ccccc3Cl)CC2)c2cnn(-c3cccc(Cl)c3)c2n1. The molecule has 0 unspecified atom stereocenters. The molecule has 1 fully saturated rings. The Balaban J connectivity index is 1.41. The molecule has 0 N–H and O–H groups in total. The van der Waals surface area contributed by atoms with Crippen LogP contribution >= 0.6 is 23.2 Å². The van der Waals surface area contributed by atoms with E-state index in [2.05, 4.69) is 15.0 Å². The zero-order valence-corrected chi connectivity index (χ0v) is 18.9. The van der Waals surface area contributed by atoms with Crippen molar-refractivity contribution in [2.75, 3.05) is 31.1 Å². The lowest BCUT2D eigenvalue weighted by atomic mass is 10.1. The van der Waals surface area contributed by atoms with Crippen molar-refractivity contribution < 1.29 is 4.79 Å². The summed E-state index contributed by atoms with van der Waals surface area (Å²) in [5.41, 5.74) is 2.10. The van der Waals surface area contributed by atoms with Crippen molar-refractivity contribution in [3.05, 3.63) is 76.2 Å². The maximum Gasteiger partial charge on any atom is 0.255 e. The molecule has 2 aromatic carbocycles. The Morgan fingerprint density at radius 3 is 2.50 bits per heavy atom. The number of aromatic nitrogens is 4. The molecule has 4 aromatic rings. The number of halogens is 2. The van der Waals surface area contributed by atoms with Crippen LogP contribution in [0.25, 0.3) is 16.7 Å². The number of hydrogen-bond donors (Lipinski definition) is 0. The lowest BCUT2D eigenvalue weighted by Gasteiger charge is -2.35. The number of fused-ring (bicyclic) bond motifs is 1. The second-order valence-corrected chi connectivity index (χ2v) is 8.47. The van der Waals surface area contributed by atoms with Crippen LogP contribution in [0.4, 0.5) is 5.82 Å². The topological polar surface area (TPSA) is 67.2 Å². The van der Waals surface area contributed by atoms with Crippen LogP contribution in [0.15, 0.2) is 54.7 Å². The molecule has 0 spiro atoms. The van der Waals surface area contributed by atoms with Gasteiger partial charge in [0.1, 0.15) is 11.6 Å². The number of hydrogen-bond acceptors (Lipinski definition) is 5. The Bertz CT molecular complexity index is 1310. The minimum absolute atomic E-state index is 0.0481. The predicted octanol–water partition coefficient (Wildman–Crippen LogP) is 4.39. The Hall–Kier alpha value is -3.16. The third-order valence-electron chi connectivity index (χ3n) is 5.54. The first-order chi connectivity index (χ1) is 15.5. The molecule has 1 aliphatic rings. The number of rotatable bonds is 3. The van der Waals surface area contributed by atoms with Crippen molar-refractivity contribution >= 4 is 46.0 Å². The molecule has 0 radical (unpaired) electrons. The highest BCUT2D eigenvalue weighted by atomic mass is 35.5. The number of carbonyl (C=O) groups is 1. The van der Waals surface area contributed by atoms with Crippen molar-refractivity contribution in [2.45, 2.75) is 6.92 Å². The number of carbonyl (C=O) groups excluding carboxylic acids is 1. The quantitative estimate of drug-likeness (QED) is 0.447. The highest BCUT2D eigenvalue weighted by molar-refractivity contribution is 6.33. The molecule has 32 heavy (non-hydrogen) atoms. The molecule has 5 rings (SSSR count). The van der Waals surface area contributed by atoms with Gasteiger partial charge in [-0.25, -0.2) is 14.6 Å². The van der Waals surface area contributed by atoms with E-state index in [0.717, 1.165) is 22.5 Å². The average Bonchev–Trinajstić information content (AvgIpc) is 3.22. The molecule has 7 nitrogen and oxygen atoms in total. The zero-order chi connectivity index (χ0) is 22.2. The van der Waals surface area contributed by atoms with Gasteiger partial charge in [-0.1, -0.05) is 41.4 Å². The van der Waals surface area contributed by atoms with Crippen molar-refractivity contribution in [1.82, 2.24) is 24.6 Å². The van der Waals surface area contributed by atoms with E-state index in [4.69, 9.17) is 28.2 Å². The van der Waals surface area contributed by atoms with Crippen molar-refractivity contribution in [3.8, 4) is 5.69 Å². The number of nitrogens with zero attached hydrogens (tertiary/aromatic N) is 6. The number of piperazine rings is 1. The van der Waals surface area contributed by atoms with Crippen molar-refractivity contribution in [2.24, 2.45) is 0 Å². The smallest absolute Gasteiger partial charge is 0.255 e. The molecular formula is C23H20Cl2N6O. The van der Waals surface area contributed by atoms with Crippen molar-refractivity contribution in [1.29, 1.82) is 0 Å². The fourth-order valence-electron chi connectivity index (χ4n) is 3.96. The second kappa shape index (κ2) is 8.41. The van der Waals surface area contributed by atoms with Crippen LogP contribution in [-0.4, -0.2) is 56.7 Å². The van der Waals surface area contributed by atoms with E-state index in [-0.39, 0.29) is 5.91 Å². The number of anilines is 1. The normalized spacial score (nSPS) is 14.2. The van der Waals surface area contributed by atoms with Crippen LogP contribution in [0.5, 0.6) is 0 Å². The first-order valence-corrected chi connectivity index (χ1v) is 11.0. The summed E-state index contributed by atoms with van der Waals surface area (Å²) < 4.78 is 1.77. The Morgan fingerprint density at radius 1 is 0.969 bits per heavy atom. The van der Waals surface area contributed by atoms with Gasteiger partial charge in [0.15, 0.2) is 5.65 Å². The fourth-order valence-corrected chi connectivity index (χ4v) is 4.36. The van der Waals surface area contributed by atoms with Gasteiger partial charge in [0.05, 0.1) is 27.9 Å². The Morgan fingerprint density at radius 2 is 1.75 bits per heavy atom. The van der Waals surface area contributed by atoms with E-state index in [9.17, 15) is 4.79 Å². The van der Waals surface area contributed by atoms with Gasteiger partial charge in [-0.2, -0.15) is 5.10 Å². The van der Waals surface area contributed by atoms with E-state index in [1.54, 1.807) is 23.0 Å². The molecule has 3 heterocycles. The van der Waals surface area contributed by atoms with E-state index in [1.807, 2.05) is 48.2 Å². The van der Waals surface area contributed by atoms with Gasteiger partial charge in [0.2, 0.25) is 0 Å². The summed E-state index contributed by atoms with van der Waals surface area (Å²) in [5, 5.41) is 6.52. The van der Waals surface area contributed by atoms with Gasteiger partial charge in [0.25, 0.3) is 5.91 Å². The Labute approximate surface area is 195 Å². The van der Waals surface area contributed by atoms with Crippen molar-refractivity contribution in [3.63, 3.8) is 0 Å². The van der Waals surface area contributed by atoms with E-state index in [0.29, 0.717) is 47.6 Å². The number of amides is 1. The van der Waals surface area contributed by atoms with Crippen LogP contribution in [-0.2, 0) is 0 Å². The van der Waals surface area contributed by atoms with Gasteiger partial charge in [-0.3, -0.25) is 4.79 Å². The molecule has 0 saturated carbocycles. The summed E-state index contributed by atoms with van der Waals surface area (Å²) in [6.45, 7) is 4.34. The molecule has 162 valence electrons. The first kappa shape index (κ1) is 20.7. The highest BCUT2D eigenvalue weighted by Crippen LogP contribution is 2.28. The summed E-state index contributed by atoms with van der Waals surface area (Å²) in [6, 6.07) is 14.7. The first-order valence-electron chi connectivity index (χ1n) is 10.3. The molecule has 0 aliphatic carbocycles. The van der Waals surface area contributed by atoms with Crippen LogP contribution in [0, 0.1) is 6.92 Å². The van der Waals surface area contributed by atoms with Crippen LogP contribution in [0.3, 0.4) is 0 Å². The van der Waals surface area contributed by atoms with Gasteiger partial charge in [-0.15, -0.1) is 0 Å². The Kier molecular flexibility index (Phi) is 5.45. The summed E-state index contributed by atoms with van der Waals surface area (Å²) in [4.78, 5) is 26.2. The van der Waals surface area contributed by atoms with Crippen LogP contribution in [0.1, 0.15) is 16.2 Å². The molecule has 1 saturated heterocycles. The average molecular weight is 467 g/mol. The number of benzene rings is 2. The predicted molar refractivity (Wildman–Crippen MR) is 126 cm³/mol. The van der Waals surface area contributed by atoms with E-state index >= 15 is 0 Å². The van der Waals surface area contributed by atoms with Crippen LogP contribution in [0.2, 0.25) is 10.0 Å². The highest BCUT2D eigenvalue weighted by Gasteiger charge is 2.26.